The first kappa shape index (κ1) is 19.9. The van der Waals surface area contributed by atoms with Crippen LogP contribution in [0.25, 0.3) is 0 Å². The van der Waals surface area contributed by atoms with Crippen molar-refractivity contribution in [1.82, 2.24) is 9.97 Å². The van der Waals surface area contributed by atoms with E-state index in [2.05, 4.69) is 20.6 Å². The Balaban J connectivity index is 1.50. The van der Waals surface area contributed by atoms with Crippen molar-refractivity contribution in [2.75, 3.05) is 22.1 Å². The van der Waals surface area contributed by atoms with Crippen molar-refractivity contribution >= 4 is 35.0 Å². The number of hydrogen-bond donors (Lipinski definition) is 3. The number of carbonyl (C=O) groups excluding carboxylic acids is 2. The molecular formula is C23H20FN5O3. The molecule has 1 aromatic heterocycles. The zero-order chi connectivity index (χ0) is 22.4. The van der Waals surface area contributed by atoms with Gasteiger partial charge in [-0.2, -0.15) is 4.98 Å². The van der Waals surface area contributed by atoms with E-state index in [1.165, 1.54) is 12.1 Å². The summed E-state index contributed by atoms with van der Waals surface area (Å²) in [5, 5.41) is 5.10. The number of rotatable bonds is 3. The Kier molecular flexibility index (Phi) is 4.73. The molecule has 162 valence electrons. The predicted molar refractivity (Wildman–Crippen MR) is 118 cm³/mol. The lowest BCUT2D eigenvalue weighted by atomic mass is 9.92. The maximum Gasteiger partial charge on any atom is 0.258 e. The minimum atomic E-state index is -1.09. The molecule has 0 fully saturated rings. The summed E-state index contributed by atoms with van der Waals surface area (Å²) in [7, 11) is 0. The maximum atomic E-state index is 14.2. The molecular weight excluding hydrogens is 413 g/mol. The number of nitrogens with one attached hydrogen (secondary N) is 3. The van der Waals surface area contributed by atoms with Gasteiger partial charge in [0.25, 0.3) is 5.56 Å². The highest BCUT2D eigenvalue weighted by Crippen LogP contribution is 2.35. The quantitative estimate of drug-likeness (QED) is 0.589. The number of aromatic amines is 1. The standard InChI is InChI=1S/C23H20FN5O3/c1-12-6-7-16(15(24)10-12)25-21(31)14-11-18(30)26-20-19(14)22(32)28-23(27-20)29-9-8-13-4-2-3-5-17(13)29/h2-7,10,14H,8-9,11H2,1H3,(H,25,31)(H2,26,27,28,30,32)/t14-/m0/s1. The summed E-state index contributed by atoms with van der Waals surface area (Å²) in [5.74, 6) is -2.41. The zero-order valence-corrected chi connectivity index (χ0v) is 17.2. The molecule has 1 atom stereocenters. The highest BCUT2D eigenvalue weighted by molar-refractivity contribution is 6.04. The first-order chi connectivity index (χ1) is 15.4. The van der Waals surface area contributed by atoms with Gasteiger partial charge in [0.2, 0.25) is 17.8 Å². The second kappa shape index (κ2) is 7.60. The number of anilines is 4. The molecule has 5 rings (SSSR count). The van der Waals surface area contributed by atoms with E-state index < -0.39 is 29.1 Å². The molecule has 2 aromatic carbocycles. The highest BCUT2D eigenvalue weighted by atomic mass is 19.1. The lowest BCUT2D eigenvalue weighted by Gasteiger charge is -2.25. The summed E-state index contributed by atoms with van der Waals surface area (Å²) >= 11 is 0. The molecule has 0 saturated carbocycles. The molecule has 2 aliphatic rings. The molecule has 0 unspecified atom stereocenters. The Labute approximate surface area is 182 Å². The lowest BCUT2D eigenvalue weighted by molar-refractivity contribution is -0.123. The SMILES string of the molecule is Cc1ccc(NC(=O)[C@H]2CC(=O)Nc3nc(N4CCc5ccccc54)[nH]c(=O)c32)c(F)c1. The van der Waals surface area contributed by atoms with Gasteiger partial charge in [-0.25, -0.2) is 4.39 Å². The van der Waals surface area contributed by atoms with Crippen LogP contribution in [0.1, 0.15) is 29.0 Å². The van der Waals surface area contributed by atoms with E-state index in [-0.39, 0.29) is 23.5 Å². The molecule has 0 aliphatic carbocycles. The Hall–Kier alpha value is -4.01. The molecule has 3 N–H and O–H groups in total. The number of nitrogens with zero attached hydrogens (tertiary/aromatic N) is 2. The fraction of sp³-hybridized carbons (Fsp3) is 0.217. The van der Waals surface area contributed by atoms with Gasteiger partial charge in [-0.3, -0.25) is 19.4 Å². The van der Waals surface area contributed by atoms with Gasteiger partial charge in [-0.05, 0) is 42.7 Å². The van der Waals surface area contributed by atoms with Crippen LogP contribution >= 0.6 is 0 Å². The van der Waals surface area contributed by atoms with Gasteiger partial charge in [-0.1, -0.05) is 24.3 Å². The lowest BCUT2D eigenvalue weighted by Crippen LogP contribution is -2.37. The van der Waals surface area contributed by atoms with E-state index in [4.69, 9.17) is 0 Å². The number of carbonyl (C=O) groups is 2. The van der Waals surface area contributed by atoms with Crippen molar-refractivity contribution in [3.8, 4) is 0 Å². The number of benzene rings is 2. The van der Waals surface area contributed by atoms with Crippen molar-refractivity contribution in [2.45, 2.75) is 25.7 Å². The van der Waals surface area contributed by atoms with Gasteiger partial charge < -0.3 is 15.5 Å². The topological polar surface area (TPSA) is 107 Å². The van der Waals surface area contributed by atoms with E-state index in [0.717, 1.165) is 17.7 Å². The average molecular weight is 433 g/mol. The summed E-state index contributed by atoms with van der Waals surface area (Å²) < 4.78 is 14.2. The molecule has 2 amide bonds. The molecule has 0 bridgehead atoms. The van der Waals surface area contributed by atoms with Crippen LogP contribution < -0.4 is 21.1 Å². The van der Waals surface area contributed by atoms with E-state index in [1.54, 1.807) is 13.0 Å². The number of halogens is 1. The van der Waals surface area contributed by atoms with Crippen molar-refractivity contribution in [3.05, 3.63) is 75.3 Å². The van der Waals surface area contributed by atoms with Crippen LogP contribution in [0.3, 0.4) is 0 Å². The van der Waals surface area contributed by atoms with Crippen LogP contribution in [0.15, 0.2) is 47.3 Å². The van der Waals surface area contributed by atoms with E-state index in [0.29, 0.717) is 18.1 Å². The van der Waals surface area contributed by atoms with Crippen LogP contribution in [-0.4, -0.2) is 28.3 Å². The second-order valence-electron chi connectivity index (χ2n) is 7.96. The van der Waals surface area contributed by atoms with E-state index in [1.807, 2.05) is 29.2 Å². The number of fused-ring (bicyclic) bond motifs is 2. The van der Waals surface area contributed by atoms with Crippen molar-refractivity contribution in [2.24, 2.45) is 0 Å². The van der Waals surface area contributed by atoms with Gasteiger partial charge in [0.05, 0.1) is 17.2 Å². The Bertz CT molecular complexity index is 1320. The smallest absolute Gasteiger partial charge is 0.258 e. The zero-order valence-electron chi connectivity index (χ0n) is 17.2. The third-order valence-electron chi connectivity index (χ3n) is 5.78. The van der Waals surface area contributed by atoms with Gasteiger partial charge in [0, 0.05) is 18.7 Å². The van der Waals surface area contributed by atoms with Crippen LogP contribution in [0.5, 0.6) is 0 Å². The summed E-state index contributed by atoms with van der Waals surface area (Å²) in [6.07, 6.45) is 0.569. The second-order valence-corrected chi connectivity index (χ2v) is 7.96. The van der Waals surface area contributed by atoms with Gasteiger partial charge in [0.15, 0.2) is 0 Å². The Morgan fingerprint density at radius 3 is 2.84 bits per heavy atom. The average Bonchev–Trinajstić information content (AvgIpc) is 3.19. The van der Waals surface area contributed by atoms with Crippen LogP contribution in [-0.2, 0) is 16.0 Å². The molecule has 32 heavy (non-hydrogen) atoms. The number of para-hydroxylation sites is 1. The molecule has 9 heteroatoms. The third kappa shape index (κ3) is 3.41. The van der Waals surface area contributed by atoms with Crippen LogP contribution in [0.4, 0.5) is 27.5 Å². The number of hydrogen-bond acceptors (Lipinski definition) is 5. The fourth-order valence-electron chi connectivity index (χ4n) is 4.21. The summed E-state index contributed by atoms with van der Waals surface area (Å²) in [6.45, 7) is 2.36. The summed E-state index contributed by atoms with van der Waals surface area (Å²) in [6, 6.07) is 12.2. The number of aryl methyl sites for hydroxylation is 1. The monoisotopic (exact) mass is 433 g/mol. The Morgan fingerprint density at radius 2 is 2.03 bits per heavy atom. The summed E-state index contributed by atoms with van der Waals surface area (Å²) in [5.41, 5.74) is 2.31. The van der Waals surface area contributed by atoms with Gasteiger partial charge in [0.1, 0.15) is 11.6 Å². The molecule has 8 nitrogen and oxygen atoms in total. The molecule has 2 aliphatic heterocycles. The number of H-pyrrole nitrogens is 1. The summed E-state index contributed by atoms with van der Waals surface area (Å²) in [4.78, 5) is 47.3. The Morgan fingerprint density at radius 1 is 1.22 bits per heavy atom. The van der Waals surface area contributed by atoms with Crippen LogP contribution in [0.2, 0.25) is 0 Å². The van der Waals surface area contributed by atoms with E-state index in [9.17, 15) is 18.8 Å². The largest absolute Gasteiger partial charge is 0.323 e. The van der Waals surface area contributed by atoms with Crippen molar-refractivity contribution in [1.29, 1.82) is 0 Å². The molecule has 0 saturated heterocycles. The molecule has 0 spiro atoms. The van der Waals surface area contributed by atoms with Gasteiger partial charge in [-0.15, -0.1) is 0 Å². The normalized spacial score (nSPS) is 16.9. The molecule has 3 aromatic rings. The van der Waals surface area contributed by atoms with Crippen LogP contribution in [0, 0.1) is 12.7 Å². The fourth-order valence-corrected chi connectivity index (χ4v) is 4.21. The minimum Gasteiger partial charge on any atom is -0.323 e. The maximum absolute atomic E-state index is 14.2. The minimum absolute atomic E-state index is 0.0113. The highest BCUT2D eigenvalue weighted by Gasteiger charge is 2.36. The number of aromatic nitrogens is 2. The number of amides is 2. The molecule has 0 radical (unpaired) electrons. The molecule has 3 heterocycles. The van der Waals surface area contributed by atoms with Crippen molar-refractivity contribution < 1.29 is 14.0 Å². The first-order valence-corrected chi connectivity index (χ1v) is 10.3. The van der Waals surface area contributed by atoms with E-state index >= 15 is 0 Å². The van der Waals surface area contributed by atoms with Crippen molar-refractivity contribution in [3.63, 3.8) is 0 Å². The first-order valence-electron chi connectivity index (χ1n) is 10.3. The predicted octanol–water partition coefficient (Wildman–Crippen LogP) is 2.98. The third-order valence-corrected chi connectivity index (χ3v) is 5.78. The van der Waals surface area contributed by atoms with Gasteiger partial charge >= 0.3 is 0 Å².